The minimum atomic E-state index is -4.33. The Kier molecular flexibility index (Phi) is 3.26. The van der Waals surface area contributed by atoms with Crippen molar-refractivity contribution in [2.45, 2.75) is 31.4 Å². The number of carbonyl (C=O) groups is 1. The molecule has 110 valence electrons. The highest BCUT2D eigenvalue weighted by atomic mass is 19.4. The van der Waals surface area contributed by atoms with Crippen LogP contribution >= 0.6 is 0 Å². The molecular weight excluding hydrogens is 271 g/mol. The van der Waals surface area contributed by atoms with Crippen LogP contribution in [0.2, 0.25) is 0 Å². The van der Waals surface area contributed by atoms with E-state index in [9.17, 15) is 18.0 Å². The van der Waals surface area contributed by atoms with Crippen molar-refractivity contribution in [3.05, 3.63) is 24.2 Å². The molecule has 0 saturated heterocycles. The van der Waals surface area contributed by atoms with E-state index in [1.165, 1.54) is 6.26 Å². The van der Waals surface area contributed by atoms with Crippen LogP contribution in [0, 0.1) is 11.8 Å². The SMILES string of the molecule is O=C(C1CC1c1ccco1)N(CC1CC1)CC(F)(F)F. The van der Waals surface area contributed by atoms with Gasteiger partial charge in [-0.2, -0.15) is 13.2 Å². The fourth-order valence-corrected chi connectivity index (χ4v) is 2.58. The zero-order valence-electron chi connectivity index (χ0n) is 10.9. The molecule has 2 aliphatic rings. The second kappa shape index (κ2) is 4.82. The largest absolute Gasteiger partial charge is 0.469 e. The normalized spacial score (nSPS) is 25.6. The van der Waals surface area contributed by atoms with E-state index in [0.29, 0.717) is 12.2 Å². The number of nitrogens with zero attached hydrogens (tertiary/aromatic N) is 1. The highest BCUT2D eigenvalue weighted by molar-refractivity contribution is 5.83. The molecule has 0 N–H and O–H groups in total. The Morgan fingerprint density at radius 1 is 1.40 bits per heavy atom. The molecule has 20 heavy (non-hydrogen) atoms. The summed E-state index contributed by atoms with van der Waals surface area (Å²) in [5.41, 5.74) is 0. The average Bonchev–Trinajstić information content (AvgIpc) is 3.27. The highest BCUT2D eigenvalue weighted by Gasteiger charge is 2.49. The van der Waals surface area contributed by atoms with Crippen LogP contribution in [0.3, 0.4) is 0 Å². The van der Waals surface area contributed by atoms with Crippen LogP contribution in [0.15, 0.2) is 22.8 Å². The van der Waals surface area contributed by atoms with E-state index >= 15 is 0 Å². The van der Waals surface area contributed by atoms with Crippen LogP contribution in [-0.4, -0.2) is 30.1 Å². The Labute approximate surface area is 114 Å². The summed E-state index contributed by atoms with van der Waals surface area (Å²) < 4.78 is 43.0. The van der Waals surface area contributed by atoms with Crippen molar-refractivity contribution in [3.63, 3.8) is 0 Å². The number of furan rings is 1. The fourth-order valence-electron chi connectivity index (χ4n) is 2.58. The molecule has 1 amide bonds. The number of amides is 1. The quantitative estimate of drug-likeness (QED) is 0.833. The van der Waals surface area contributed by atoms with Crippen LogP contribution in [-0.2, 0) is 4.79 Å². The summed E-state index contributed by atoms with van der Waals surface area (Å²) in [6.07, 6.45) is -0.375. The predicted molar refractivity (Wildman–Crippen MR) is 64.9 cm³/mol. The number of rotatable bonds is 5. The van der Waals surface area contributed by atoms with Gasteiger partial charge in [0.1, 0.15) is 12.3 Å². The average molecular weight is 287 g/mol. The minimum Gasteiger partial charge on any atom is -0.469 e. The lowest BCUT2D eigenvalue weighted by molar-refractivity contribution is -0.162. The van der Waals surface area contributed by atoms with Gasteiger partial charge in [-0.15, -0.1) is 0 Å². The molecule has 1 aromatic heterocycles. The molecule has 0 aromatic carbocycles. The molecule has 1 heterocycles. The molecular formula is C14H16F3NO2. The van der Waals surface area contributed by atoms with E-state index in [-0.39, 0.29) is 30.2 Å². The van der Waals surface area contributed by atoms with Gasteiger partial charge in [-0.05, 0) is 37.3 Å². The van der Waals surface area contributed by atoms with E-state index in [1.807, 2.05) is 0 Å². The number of hydrogen-bond acceptors (Lipinski definition) is 2. The molecule has 2 aliphatic carbocycles. The molecule has 2 saturated carbocycles. The highest BCUT2D eigenvalue weighted by Crippen LogP contribution is 2.49. The first-order valence-corrected chi connectivity index (χ1v) is 6.83. The van der Waals surface area contributed by atoms with Crippen LogP contribution in [0.25, 0.3) is 0 Å². The second-order valence-corrected chi connectivity index (χ2v) is 5.74. The third kappa shape index (κ3) is 3.16. The number of carbonyl (C=O) groups excluding carboxylic acids is 1. The monoisotopic (exact) mass is 287 g/mol. The summed E-state index contributed by atoms with van der Waals surface area (Å²) in [4.78, 5) is 13.2. The Morgan fingerprint density at radius 2 is 2.15 bits per heavy atom. The predicted octanol–water partition coefficient (Wildman–Crippen LogP) is 3.18. The van der Waals surface area contributed by atoms with Crippen LogP contribution in [0.1, 0.15) is 30.9 Å². The number of alkyl halides is 3. The molecule has 3 nitrogen and oxygen atoms in total. The summed E-state index contributed by atoms with van der Waals surface area (Å²) in [6, 6.07) is 3.50. The summed E-state index contributed by atoms with van der Waals surface area (Å²) in [5, 5.41) is 0. The van der Waals surface area contributed by atoms with E-state index < -0.39 is 12.7 Å². The third-order valence-corrected chi connectivity index (χ3v) is 3.87. The van der Waals surface area contributed by atoms with Crippen molar-refractivity contribution in [1.29, 1.82) is 0 Å². The number of hydrogen-bond donors (Lipinski definition) is 0. The maximum atomic E-state index is 12.6. The lowest BCUT2D eigenvalue weighted by atomic mass is 10.2. The van der Waals surface area contributed by atoms with Gasteiger partial charge in [0.25, 0.3) is 0 Å². The van der Waals surface area contributed by atoms with Gasteiger partial charge < -0.3 is 9.32 Å². The van der Waals surface area contributed by atoms with E-state index in [0.717, 1.165) is 17.7 Å². The van der Waals surface area contributed by atoms with Crippen LogP contribution in [0.4, 0.5) is 13.2 Å². The minimum absolute atomic E-state index is 0.0487. The Hall–Kier alpha value is -1.46. The molecule has 0 aliphatic heterocycles. The van der Waals surface area contributed by atoms with Crippen molar-refractivity contribution in [2.24, 2.45) is 11.8 Å². The van der Waals surface area contributed by atoms with Gasteiger partial charge in [0.15, 0.2) is 0 Å². The maximum absolute atomic E-state index is 12.6. The first-order chi connectivity index (χ1) is 9.44. The van der Waals surface area contributed by atoms with Gasteiger partial charge in [0.2, 0.25) is 5.91 Å². The molecule has 2 unspecified atom stereocenters. The zero-order valence-corrected chi connectivity index (χ0v) is 10.9. The lowest BCUT2D eigenvalue weighted by Crippen LogP contribution is -2.41. The molecule has 0 bridgehead atoms. The van der Waals surface area contributed by atoms with Crippen molar-refractivity contribution >= 4 is 5.91 Å². The summed E-state index contributed by atoms with van der Waals surface area (Å²) >= 11 is 0. The van der Waals surface area contributed by atoms with Gasteiger partial charge in [-0.1, -0.05) is 0 Å². The van der Waals surface area contributed by atoms with E-state index in [2.05, 4.69) is 0 Å². The Bertz CT molecular complexity index is 479. The van der Waals surface area contributed by atoms with Gasteiger partial charge in [0.05, 0.1) is 6.26 Å². The van der Waals surface area contributed by atoms with E-state index in [1.54, 1.807) is 12.1 Å². The molecule has 6 heteroatoms. The second-order valence-electron chi connectivity index (χ2n) is 5.74. The van der Waals surface area contributed by atoms with E-state index in [4.69, 9.17) is 4.42 Å². The van der Waals surface area contributed by atoms with Crippen molar-refractivity contribution in [3.8, 4) is 0 Å². The van der Waals surface area contributed by atoms with Gasteiger partial charge in [0, 0.05) is 18.4 Å². The van der Waals surface area contributed by atoms with Crippen molar-refractivity contribution in [2.75, 3.05) is 13.1 Å². The Balaban J connectivity index is 1.63. The first-order valence-electron chi connectivity index (χ1n) is 6.83. The summed E-state index contributed by atoms with van der Waals surface area (Å²) in [6.45, 7) is -0.899. The summed E-state index contributed by atoms with van der Waals surface area (Å²) in [7, 11) is 0. The molecule has 0 spiro atoms. The Morgan fingerprint density at radius 3 is 2.70 bits per heavy atom. The van der Waals surface area contributed by atoms with Gasteiger partial charge in [-0.3, -0.25) is 4.79 Å². The van der Waals surface area contributed by atoms with Crippen molar-refractivity contribution in [1.82, 2.24) is 4.90 Å². The summed E-state index contributed by atoms with van der Waals surface area (Å²) in [5.74, 6) is 0.175. The fraction of sp³-hybridized carbons (Fsp3) is 0.643. The van der Waals surface area contributed by atoms with Gasteiger partial charge in [-0.25, -0.2) is 0 Å². The number of halogens is 3. The maximum Gasteiger partial charge on any atom is 0.406 e. The molecule has 1 aromatic rings. The van der Waals surface area contributed by atoms with Crippen molar-refractivity contribution < 1.29 is 22.4 Å². The molecule has 0 radical (unpaired) electrons. The van der Waals surface area contributed by atoms with Crippen LogP contribution in [0.5, 0.6) is 0 Å². The van der Waals surface area contributed by atoms with Crippen LogP contribution < -0.4 is 0 Å². The molecule has 2 atom stereocenters. The molecule has 3 rings (SSSR count). The smallest absolute Gasteiger partial charge is 0.406 e. The zero-order chi connectivity index (χ0) is 14.3. The first kappa shape index (κ1) is 13.5. The topological polar surface area (TPSA) is 33.5 Å². The molecule has 2 fully saturated rings. The standard InChI is InChI=1S/C14H16F3NO2/c15-14(16,17)8-18(7-9-3-4-9)13(19)11-6-10(11)12-2-1-5-20-12/h1-2,5,9-11H,3-4,6-8H2. The lowest BCUT2D eigenvalue weighted by Gasteiger charge is -2.24. The van der Waals surface area contributed by atoms with Gasteiger partial charge >= 0.3 is 6.18 Å². The third-order valence-electron chi connectivity index (χ3n) is 3.87.